The molecule has 3 aromatic rings. The Bertz CT molecular complexity index is 867. The fraction of sp³-hybridized carbons (Fsp3) is 0.190. The molecule has 0 radical (unpaired) electrons. The van der Waals surface area contributed by atoms with Crippen LogP contribution in [0, 0.1) is 6.92 Å². The average molecular weight is 350 g/mol. The standard InChI is InChI=1S/C21H22N2O3/c1-14-5-7-17(8-6-14)23-20-13-15(9-10-22-20)16-11-18(24-2)21(26-4)19(12-16)25-3/h5-13H,1-4H3,(H,22,23). The van der Waals surface area contributed by atoms with E-state index in [4.69, 9.17) is 14.2 Å². The van der Waals surface area contributed by atoms with Crippen LogP contribution in [0.2, 0.25) is 0 Å². The van der Waals surface area contributed by atoms with Gasteiger partial charge < -0.3 is 19.5 Å². The Labute approximate surface area is 153 Å². The number of aromatic nitrogens is 1. The van der Waals surface area contributed by atoms with Gasteiger partial charge in [-0.25, -0.2) is 4.98 Å². The molecule has 0 aliphatic heterocycles. The summed E-state index contributed by atoms with van der Waals surface area (Å²) >= 11 is 0. The lowest BCUT2D eigenvalue weighted by Crippen LogP contribution is -1.97. The third-order valence-electron chi connectivity index (χ3n) is 4.08. The number of benzene rings is 2. The highest BCUT2D eigenvalue weighted by Crippen LogP contribution is 2.41. The van der Waals surface area contributed by atoms with Crippen LogP contribution >= 0.6 is 0 Å². The van der Waals surface area contributed by atoms with Crippen molar-refractivity contribution in [1.82, 2.24) is 4.98 Å². The molecule has 0 saturated carbocycles. The van der Waals surface area contributed by atoms with E-state index in [-0.39, 0.29) is 0 Å². The summed E-state index contributed by atoms with van der Waals surface area (Å²) in [5.74, 6) is 2.57. The van der Waals surface area contributed by atoms with E-state index in [1.807, 2.05) is 36.4 Å². The Balaban J connectivity index is 1.96. The lowest BCUT2D eigenvalue weighted by molar-refractivity contribution is 0.324. The van der Waals surface area contributed by atoms with Crippen molar-refractivity contribution < 1.29 is 14.2 Å². The number of methoxy groups -OCH3 is 3. The van der Waals surface area contributed by atoms with Gasteiger partial charge in [0.15, 0.2) is 11.5 Å². The van der Waals surface area contributed by atoms with Gasteiger partial charge in [0.2, 0.25) is 5.75 Å². The molecular weight excluding hydrogens is 328 g/mol. The molecule has 0 spiro atoms. The summed E-state index contributed by atoms with van der Waals surface area (Å²) in [6.45, 7) is 2.06. The first-order valence-electron chi connectivity index (χ1n) is 8.24. The molecule has 1 aromatic heterocycles. The maximum atomic E-state index is 5.44. The Morgan fingerprint density at radius 3 is 2.00 bits per heavy atom. The smallest absolute Gasteiger partial charge is 0.203 e. The highest BCUT2D eigenvalue weighted by molar-refractivity contribution is 5.73. The minimum absolute atomic E-state index is 0.575. The van der Waals surface area contributed by atoms with Crippen LogP contribution in [0.4, 0.5) is 11.5 Å². The van der Waals surface area contributed by atoms with E-state index in [1.165, 1.54) is 5.56 Å². The summed E-state index contributed by atoms with van der Waals surface area (Å²) in [5, 5.41) is 3.32. The van der Waals surface area contributed by atoms with Crippen molar-refractivity contribution in [3.63, 3.8) is 0 Å². The molecule has 0 fully saturated rings. The topological polar surface area (TPSA) is 52.6 Å². The number of hydrogen-bond donors (Lipinski definition) is 1. The minimum atomic E-state index is 0.575. The zero-order valence-corrected chi connectivity index (χ0v) is 15.4. The molecule has 5 heteroatoms. The van der Waals surface area contributed by atoms with Gasteiger partial charge in [0.05, 0.1) is 21.3 Å². The summed E-state index contributed by atoms with van der Waals surface area (Å²) < 4.78 is 16.3. The molecule has 26 heavy (non-hydrogen) atoms. The molecule has 0 atom stereocenters. The number of nitrogens with zero attached hydrogens (tertiary/aromatic N) is 1. The molecule has 1 heterocycles. The van der Waals surface area contributed by atoms with Gasteiger partial charge in [0.25, 0.3) is 0 Å². The first-order valence-corrected chi connectivity index (χ1v) is 8.24. The molecule has 0 bridgehead atoms. The molecule has 0 aliphatic carbocycles. The molecule has 5 nitrogen and oxygen atoms in total. The number of aryl methyl sites for hydroxylation is 1. The van der Waals surface area contributed by atoms with E-state index in [9.17, 15) is 0 Å². The fourth-order valence-electron chi connectivity index (χ4n) is 2.71. The number of hydrogen-bond acceptors (Lipinski definition) is 5. The third-order valence-corrected chi connectivity index (χ3v) is 4.08. The van der Waals surface area contributed by atoms with Gasteiger partial charge in [-0.2, -0.15) is 0 Å². The van der Waals surface area contributed by atoms with E-state index in [2.05, 4.69) is 29.4 Å². The molecule has 1 N–H and O–H groups in total. The van der Waals surface area contributed by atoms with Crippen LogP contribution in [-0.2, 0) is 0 Å². The second-order valence-electron chi connectivity index (χ2n) is 5.83. The first-order chi connectivity index (χ1) is 12.6. The summed E-state index contributed by atoms with van der Waals surface area (Å²) in [6.07, 6.45) is 1.77. The molecule has 0 aliphatic rings. The van der Waals surface area contributed by atoms with Gasteiger partial charge >= 0.3 is 0 Å². The van der Waals surface area contributed by atoms with Gasteiger partial charge in [-0.1, -0.05) is 17.7 Å². The van der Waals surface area contributed by atoms with Crippen LogP contribution in [0.3, 0.4) is 0 Å². The van der Waals surface area contributed by atoms with Crippen LogP contribution < -0.4 is 19.5 Å². The lowest BCUT2D eigenvalue weighted by atomic mass is 10.1. The quantitative estimate of drug-likeness (QED) is 0.690. The summed E-state index contributed by atoms with van der Waals surface area (Å²) in [7, 11) is 4.81. The number of pyridine rings is 1. The molecule has 2 aromatic carbocycles. The maximum absolute atomic E-state index is 5.44. The molecular formula is C21H22N2O3. The van der Waals surface area contributed by atoms with Crippen LogP contribution in [0.5, 0.6) is 17.2 Å². The van der Waals surface area contributed by atoms with E-state index < -0.39 is 0 Å². The van der Waals surface area contributed by atoms with Crippen molar-refractivity contribution in [2.45, 2.75) is 6.92 Å². The minimum Gasteiger partial charge on any atom is -0.493 e. The van der Waals surface area contributed by atoms with Crippen molar-refractivity contribution in [2.75, 3.05) is 26.6 Å². The van der Waals surface area contributed by atoms with Crippen molar-refractivity contribution in [2.24, 2.45) is 0 Å². The monoisotopic (exact) mass is 350 g/mol. The van der Waals surface area contributed by atoms with Crippen molar-refractivity contribution in [1.29, 1.82) is 0 Å². The molecule has 0 saturated heterocycles. The highest BCUT2D eigenvalue weighted by Gasteiger charge is 2.14. The Morgan fingerprint density at radius 2 is 1.42 bits per heavy atom. The fourth-order valence-corrected chi connectivity index (χ4v) is 2.71. The lowest BCUT2D eigenvalue weighted by Gasteiger charge is -2.14. The van der Waals surface area contributed by atoms with Crippen LogP contribution in [-0.4, -0.2) is 26.3 Å². The number of ether oxygens (including phenoxy) is 3. The Morgan fingerprint density at radius 1 is 0.769 bits per heavy atom. The first kappa shape index (κ1) is 17.6. The molecule has 134 valence electrons. The van der Waals surface area contributed by atoms with Crippen molar-refractivity contribution in [3.8, 4) is 28.4 Å². The van der Waals surface area contributed by atoms with E-state index in [1.54, 1.807) is 27.5 Å². The number of anilines is 2. The maximum Gasteiger partial charge on any atom is 0.203 e. The second-order valence-corrected chi connectivity index (χ2v) is 5.83. The van der Waals surface area contributed by atoms with E-state index in [0.717, 1.165) is 22.6 Å². The zero-order chi connectivity index (χ0) is 18.5. The Hall–Kier alpha value is -3.21. The van der Waals surface area contributed by atoms with Crippen molar-refractivity contribution in [3.05, 3.63) is 60.3 Å². The van der Waals surface area contributed by atoms with Gasteiger partial charge in [0.1, 0.15) is 5.82 Å². The third kappa shape index (κ3) is 3.72. The highest BCUT2D eigenvalue weighted by atomic mass is 16.5. The predicted octanol–water partition coefficient (Wildman–Crippen LogP) is 4.83. The Kier molecular flexibility index (Phi) is 5.27. The normalized spacial score (nSPS) is 10.3. The van der Waals surface area contributed by atoms with E-state index >= 15 is 0 Å². The SMILES string of the molecule is COc1cc(-c2ccnc(Nc3ccc(C)cc3)c2)cc(OC)c1OC. The summed E-state index contributed by atoms with van der Waals surface area (Å²) in [6, 6.07) is 16.0. The summed E-state index contributed by atoms with van der Waals surface area (Å²) in [5.41, 5.74) is 4.16. The summed E-state index contributed by atoms with van der Waals surface area (Å²) in [4.78, 5) is 4.40. The second kappa shape index (κ2) is 7.78. The molecule has 0 amide bonds. The zero-order valence-electron chi connectivity index (χ0n) is 15.4. The molecule has 3 rings (SSSR count). The van der Waals surface area contributed by atoms with Gasteiger partial charge in [-0.3, -0.25) is 0 Å². The van der Waals surface area contributed by atoms with Crippen LogP contribution in [0.15, 0.2) is 54.7 Å². The van der Waals surface area contributed by atoms with Gasteiger partial charge in [0, 0.05) is 11.9 Å². The number of rotatable bonds is 6. The van der Waals surface area contributed by atoms with E-state index in [0.29, 0.717) is 17.2 Å². The average Bonchev–Trinajstić information content (AvgIpc) is 2.68. The largest absolute Gasteiger partial charge is 0.493 e. The molecule has 0 unspecified atom stereocenters. The van der Waals surface area contributed by atoms with Gasteiger partial charge in [-0.15, -0.1) is 0 Å². The van der Waals surface area contributed by atoms with Crippen molar-refractivity contribution >= 4 is 11.5 Å². The van der Waals surface area contributed by atoms with Gasteiger partial charge in [-0.05, 0) is 54.4 Å². The van der Waals surface area contributed by atoms with Crippen LogP contribution in [0.25, 0.3) is 11.1 Å². The number of nitrogens with one attached hydrogen (secondary N) is 1. The van der Waals surface area contributed by atoms with Crippen LogP contribution in [0.1, 0.15) is 5.56 Å². The predicted molar refractivity (Wildman–Crippen MR) is 104 cm³/mol.